The Kier molecular flexibility index (Phi) is 3.71. The maximum atomic E-state index is 9.00. The van der Waals surface area contributed by atoms with Crippen molar-refractivity contribution in [2.24, 2.45) is 0 Å². The van der Waals surface area contributed by atoms with Gasteiger partial charge in [0, 0.05) is 22.4 Å². The van der Waals surface area contributed by atoms with Crippen LogP contribution in [0.1, 0.15) is 5.56 Å². The molecule has 0 fully saturated rings. The molecule has 0 aliphatic rings. The Morgan fingerprint density at radius 3 is 2.85 bits per heavy atom. The summed E-state index contributed by atoms with van der Waals surface area (Å²) in [6.07, 6.45) is 2.04. The van der Waals surface area contributed by atoms with Crippen LogP contribution in [0.3, 0.4) is 0 Å². The predicted octanol–water partition coefficient (Wildman–Crippen LogP) is 2.79. The van der Waals surface area contributed by atoms with Crippen LogP contribution in [0.2, 0.25) is 0 Å². The van der Waals surface area contributed by atoms with Gasteiger partial charge in [0.05, 0.1) is 6.61 Å². The number of aliphatic hydroxyl groups is 1. The molecule has 0 spiro atoms. The Balaban J connectivity index is 2.13. The third-order valence-corrected chi connectivity index (χ3v) is 4.08. The molecule has 0 atom stereocenters. The quantitative estimate of drug-likeness (QED) is 0.749. The molecular weight excluding hydrogens is 270 g/mol. The third kappa shape index (κ3) is 2.42. The van der Waals surface area contributed by atoms with Gasteiger partial charge >= 0.3 is 0 Å². The van der Waals surface area contributed by atoms with Gasteiger partial charge in [-0.05, 0) is 24.6 Å². The van der Waals surface area contributed by atoms with Gasteiger partial charge in [-0.3, -0.25) is 4.40 Å². The second kappa shape index (κ2) is 5.64. The van der Waals surface area contributed by atoms with Crippen molar-refractivity contribution < 1.29 is 5.11 Å². The Morgan fingerprint density at radius 1 is 1.15 bits per heavy atom. The summed E-state index contributed by atoms with van der Waals surface area (Å²) in [5.74, 6) is 1.51. The largest absolute Gasteiger partial charge is 0.396 e. The number of rotatable bonds is 4. The first-order chi connectivity index (χ1) is 9.79. The first-order valence-electron chi connectivity index (χ1n) is 6.44. The second-order valence-corrected chi connectivity index (χ2v) is 5.66. The van der Waals surface area contributed by atoms with Gasteiger partial charge in [0.1, 0.15) is 0 Å². The highest BCUT2D eigenvalue weighted by atomic mass is 32.2. The molecule has 0 saturated heterocycles. The van der Waals surface area contributed by atoms with Crippen molar-refractivity contribution in [2.75, 3.05) is 12.4 Å². The van der Waals surface area contributed by atoms with Crippen LogP contribution in [0.15, 0.2) is 47.5 Å². The molecule has 0 radical (unpaired) electrons. The fourth-order valence-electron chi connectivity index (χ4n) is 2.11. The molecule has 2 aromatic heterocycles. The molecule has 1 aromatic carbocycles. The van der Waals surface area contributed by atoms with Gasteiger partial charge in [0.25, 0.3) is 0 Å². The van der Waals surface area contributed by atoms with Crippen molar-refractivity contribution in [1.29, 1.82) is 0 Å². The Morgan fingerprint density at radius 2 is 2.00 bits per heavy atom. The molecule has 1 N–H and O–H groups in total. The van der Waals surface area contributed by atoms with E-state index in [9.17, 15) is 0 Å². The van der Waals surface area contributed by atoms with Gasteiger partial charge in [-0.2, -0.15) is 0 Å². The van der Waals surface area contributed by atoms with E-state index in [-0.39, 0.29) is 6.61 Å². The summed E-state index contributed by atoms with van der Waals surface area (Å²) in [6, 6.07) is 12.1. The Labute approximate surface area is 121 Å². The van der Waals surface area contributed by atoms with Crippen LogP contribution < -0.4 is 0 Å². The van der Waals surface area contributed by atoms with Crippen molar-refractivity contribution in [3.63, 3.8) is 0 Å². The van der Waals surface area contributed by atoms with Crippen LogP contribution >= 0.6 is 11.8 Å². The zero-order valence-corrected chi connectivity index (χ0v) is 12.0. The molecule has 3 aromatic rings. The van der Waals surface area contributed by atoms with E-state index in [0.717, 1.165) is 21.9 Å². The van der Waals surface area contributed by atoms with Crippen LogP contribution in [-0.2, 0) is 0 Å². The van der Waals surface area contributed by atoms with E-state index in [1.165, 1.54) is 5.56 Å². The van der Waals surface area contributed by atoms with Gasteiger partial charge < -0.3 is 5.11 Å². The zero-order valence-electron chi connectivity index (χ0n) is 11.2. The molecule has 0 aliphatic carbocycles. The van der Waals surface area contributed by atoms with Crippen molar-refractivity contribution >= 4 is 17.4 Å². The third-order valence-electron chi connectivity index (χ3n) is 3.03. The summed E-state index contributed by atoms with van der Waals surface area (Å²) in [4.78, 5) is 1.11. The highest BCUT2D eigenvalue weighted by molar-refractivity contribution is 7.99. The minimum Gasteiger partial charge on any atom is -0.396 e. The molecule has 102 valence electrons. The average molecular weight is 285 g/mol. The number of aliphatic hydroxyl groups excluding tert-OH is 1. The van der Waals surface area contributed by atoms with Gasteiger partial charge in [0.15, 0.2) is 11.5 Å². The number of hydrogen-bond donors (Lipinski definition) is 1. The standard InChI is InChI=1S/C15H15N3OS/c1-11-6-7-14-16-17-15(18(14)10-11)12-4-2-3-5-13(12)20-9-8-19/h2-7,10,19H,8-9H2,1H3. The lowest BCUT2D eigenvalue weighted by Crippen LogP contribution is -1.93. The van der Waals surface area contributed by atoms with Crippen LogP contribution in [0.4, 0.5) is 0 Å². The van der Waals surface area contributed by atoms with E-state index in [0.29, 0.717) is 5.75 Å². The molecule has 2 heterocycles. The summed E-state index contributed by atoms with van der Waals surface area (Å²) in [7, 11) is 0. The van der Waals surface area contributed by atoms with E-state index >= 15 is 0 Å². The molecule has 0 aliphatic heterocycles. The highest BCUT2D eigenvalue weighted by Crippen LogP contribution is 2.30. The minimum absolute atomic E-state index is 0.165. The van der Waals surface area contributed by atoms with E-state index in [1.54, 1.807) is 11.8 Å². The lowest BCUT2D eigenvalue weighted by molar-refractivity contribution is 0.322. The van der Waals surface area contributed by atoms with Crippen LogP contribution in [0, 0.1) is 6.92 Å². The normalized spacial score (nSPS) is 11.1. The van der Waals surface area contributed by atoms with Crippen molar-refractivity contribution in [2.45, 2.75) is 11.8 Å². The number of benzene rings is 1. The maximum Gasteiger partial charge on any atom is 0.169 e. The van der Waals surface area contributed by atoms with Gasteiger partial charge in [-0.15, -0.1) is 22.0 Å². The smallest absolute Gasteiger partial charge is 0.169 e. The van der Waals surface area contributed by atoms with E-state index in [4.69, 9.17) is 5.11 Å². The van der Waals surface area contributed by atoms with E-state index < -0.39 is 0 Å². The fraction of sp³-hybridized carbons (Fsp3) is 0.200. The lowest BCUT2D eigenvalue weighted by atomic mass is 10.2. The number of thioether (sulfide) groups is 1. The topological polar surface area (TPSA) is 50.4 Å². The van der Waals surface area contributed by atoms with Gasteiger partial charge in [-0.25, -0.2) is 0 Å². The summed E-state index contributed by atoms with van der Waals surface area (Å²) in [6.45, 7) is 2.22. The van der Waals surface area contributed by atoms with Crippen molar-refractivity contribution in [1.82, 2.24) is 14.6 Å². The minimum atomic E-state index is 0.165. The zero-order chi connectivity index (χ0) is 13.9. The summed E-state index contributed by atoms with van der Waals surface area (Å²) in [5, 5.41) is 17.5. The number of fused-ring (bicyclic) bond motifs is 1. The molecule has 3 rings (SSSR count). The van der Waals surface area contributed by atoms with Gasteiger partial charge in [0.2, 0.25) is 0 Å². The Bertz CT molecular complexity index is 739. The van der Waals surface area contributed by atoms with E-state index in [1.807, 2.05) is 47.0 Å². The van der Waals surface area contributed by atoms with Crippen LogP contribution in [-0.4, -0.2) is 32.1 Å². The summed E-state index contributed by atoms with van der Waals surface area (Å²) < 4.78 is 2.01. The first kappa shape index (κ1) is 13.1. The molecule has 5 heteroatoms. The second-order valence-electron chi connectivity index (χ2n) is 4.53. The van der Waals surface area contributed by atoms with Crippen molar-refractivity contribution in [3.05, 3.63) is 48.2 Å². The molecule has 0 bridgehead atoms. The molecule has 0 saturated carbocycles. The number of pyridine rings is 1. The lowest BCUT2D eigenvalue weighted by Gasteiger charge is -2.07. The molecule has 20 heavy (non-hydrogen) atoms. The SMILES string of the molecule is Cc1ccc2nnc(-c3ccccc3SCCO)n2c1. The Hall–Kier alpha value is -1.85. The van der Waals surface area contributed by atoms with Crippen molar-refractivity contribution in [3.8, 4) is 11.4 Å². The highest BCUT2D eigenvalue weighted by Gasteiger charge is 2.12. The maximum absolute atomic E-state index is 9.00. The first-order valence-corrected chi connectivity index (χ1v) is 7.42. The van der Waals surface area contributed by atoms with E-state index in [2.05, 4.69) is 17.1 Å². The summed E-state index contributed by atoms with van der Waals surface area (Å²) >= 11 is 1.63. The molecule has 0 amide bonds. The van der Waals surface area contributed by atoms with Crippen LogP contribution in [0.25, 0.3) is 17.0 Å². The average Bonchev–Trinajstić information content (AvgIpc) is 2.88. The summed E-state index contributed by atoms with van der Waals surface area (Å²) in [5.41, 5.74) is 3.05. The van der Waals surface area contributed by atoms with Gasteiger partial charge in [-0.1, -0.05) is 24.3 Å². The molecule has 0 unspecified atom stereocenters. The number of aromatic nitrogens is 3. The number of aryl methyl sites for hydroxylation is 1. The molecular formula is C15H15N3OS. The fourth-order valence-corrected chi connectivity index (χ4v) is 2.91. The van der Waals surface area contributed by atoms with Crippen LogP contribution in [0.5, 0.6) is 0 Å². The predicted molar refractivity (Wildman–Crippen MR) is 81.0 cm³/mol. The number of hydrogen-bond acceptors (Lipinski definition) is 4. The number of nitrogens with zero attached hydrogens (tertiary/aromatic N) is 3. The molecule has 4 nitrogen and oxygen atoms in total. The monoisotopic (exact) mass is 285 g/mol.